The molecule has 0 aliphatic carbocycles. The highest BCUT2D eigenvalue weighted by Crippen LogP contribution is 2.29. The number of hydrogen-bond acceptors (Lipinski definition) is 1. The van der Waals surface area contributed by atoms with Gasteiger partial charge in [0.2, 0.25) is 0 Å². The van der Waals surface area contributed by atoms with Crippen LogP contribution in [-0.2, 0) is 13.0 Å². The summed E-state index contributed by atoms with van der Waals surface area (Å²) in [6, 6.07) is 17.2. The SMILES string of the molecule is COc1ccc2c(cc(C)n2CCCc2ccccc2)c1C. The number of aromatic nitrogens is 1. The number of nitrogens with zero attached hydrogens (tertiary/aromatic N) is 1. The first kappa shape index (κ1) is 14.7. The van der Waals surface area contributed by atoms with Gasteiger partial charge in [0.15, 0.2) is 0 Å². The molecule has 2 nitrogen and oxygen atoms in total. The normalized spacial score (nSPS) is 11.0. The van der Waals surface area contributed by atoms with E-state index in [1.54, 1.807) is 7.11 Å². The van der Waals surface area contributed by atoms with Gasteiger partial charge in [0.05, 0.1) is 7.11 Å². The topological polar surface area (TPSA) is 14.2 Å². The Hall–Kier alpha value is -2.22. The Kier molecular flexibility index (Phi) is 4.19. The van der Waals surface area contributed by atoms with Gasteiger partial charge in [-0.1, -0.05) is 30.3 Å². The number of methoxy groups -OCH3 is 1. The molecule has 0 aliphatic rings. The third-order valence-corrected chi connectivity index (χ3v) is 4.42. The van der Waals surface area contributed by atoms with E-state index in [1.165, 1.54) is 27.7 Å². The van der Waals surface area contributed by atoms with E-state index in [-0.39, 0.29) is 0 Å². The molecule has 0 fully saturated rings. The lowest BCUT2D eigenvalue weighted by Gasteiger charge is -2.10. The number of fused-ring (bicyclic) bond motifs is 1. The highest BCUT2D eigenvalue weighted by atomic mass is 16.5. The summed E-state index contributed by atoms with van der Waals surface area (Å²) in [7, 11) is 1.73. The molecular weight excluding hydrogens is 270 g/mol. The van der Waals surface area contributed by atoms with Gasteiger partial charge < -0.3 is 9.30 Å². The van der Waals surface area contributed by atoms with Crippen LogP contribution in [0.4, 0.5) is 0 Å². The van der Waals surface area contributed by atoms with E-state index < -0.39 is 0 Å². The average molecular weight is 293 g/mol. The smallest absolute Gasteiger partial charge is 0.122 e. The van der Waals surface area contributed by atoms with E-state index in [1.807, 2.05) is 0 Å². The fourth-order valence-corrected chi connectivity index (χ4v) is 3.19. The maximum atomic E-state index is 5.43. The molecule has 0 saturated heterocycles. The number of benzene rings is 2. The molecule has 0 radical (unpaired) electrons. The van der Waals surface area contributed by atoms with Crippen LogP contribution in [0.2, 0.25) is 0 Å². The zero-order valence-electron chi connectivity index (χ0n) is 13.6. The van der Waals surface area contributed by atoms with E-state index in [2.05, 4.69) is 66.9 Å². The Balaban J connectivity index is 1.82. The van der Waals surface area contributed by atoms with Crippen LogP contribution < -0.4 is 4.74 Å². The predicted molar refractivity (Wildman–Crippen MR) is 92.7 cm³/mol. The molecular formula is C20H23NO. The van der Waals surface area contributed by atoms with E-state index >= 15 is 0 Å². The van der Waals surface area contributed by atoms with Crippen molar-refractivity contribution in [3.8, 4) is 5.75 Å². The summed E-state index contributed by atoms with van der Waals surface area (Å²) in [5.74, 6) is 0.967. The van der Waals surface area contributed by atoms with Crippen LogP contribution in [-0.4, -0.2) is 11.7 Å². The Morgan fingerprint density at radius 1 is 1.00 bits per heavy atom. The van der Waals surface area contributed by atoms with Gasteiger partial charge >= 0.3 is 0 Å². The molecule has 0 saturated carbocycles. The molecule has 1 aromatic heterocycles. The molecule has 0 aliphatic heterocycles. The largest absolute Gasteiger partial charge is 0.496 e. The van der Waals surface area contributed by atoms with Crippen LogP contribution in [0.15, 0.2) is 48.5 Å². The minimum absolute atomic E-state index is 0.967. The van der Waals surface area contributed by atoms with Crippen molar-refractivity contribution in [2.45, 2.75) is 33.2 Å². The first-order valence-corrected chi connectivity index (χ1v) is 7.88. The molecule has 3 rings (SSSR count). The van der Waals surface area contributed by atoms with Crippen molar-refractivity contribution in [2.24, 2.45) is 0 Å². The lowest BCUT2D eigenvalue weighted by molar-refractivity contribution is 0.412. The molecule has 1 heterocycles. The van der Waals surface area contributed by atoms with E-state index in [0.717, 1.165) is 25.1 Å². The number of ether oxygens (including phenoxy) is 1. The molecule has 2 heteroatoms. The minimum Gasteiger partial charge on any atom is -0.496 e. The second kappa shape index (κ2) is 6.27. The van der Waals surface area contributed by atoms with Gasteiger partial charge in [-0.3, -0.25) is 0 Å². The van der Waals surface area contributed by atoms with E-state index in [0.29, 0.717) is 0 Å². The highest BCUT2D eigenvalue weighted by molar-refractivity contribution is 5.86. The third kappa shape index (κ3) is 2.74. The molecule has 3 aromatic rings. The molecule has 0 bridgehead atoms. The molecule has 114 valence electrons. The second-order valence-corrected chi connectivity index (χ2v) is 5.85. The van der Waals surface area contributed by atoms with Crippen molar-refractivity contribution in [1.29, 1.82) is 0 Å². The van der Waals surface area contributed by atoms with Crippen molar-refractivity contribution in [3.63, 3.8) is 0 Å². The Morgan fingerprint density at radius 2 is 1.77 bits per heavy atom. The van der Waals surface area contributed by atoms with Crippen LogP contribution in [0, 0.1) is 13.8 Å². The van der Waals surface area contributed by atoms with Gasteiger partial charge in [-0.05, 0) is 50.5 Å². The zero-order chi connectivity index (χ0) is 15.5. The van der Waals surface area contributed by atoms with Crippen LogP contribution in [0.1, 0.15) is 23.2 Å². The lowest BCUT2D eigenvalue weighted by Crippen LogP contribution is -2.01. The maximum absolute atomic E-state index is 5.43. The molecule has 0 atom stereocenters. The summed E-state index contributed by atoms with van der Waals surface area (Å²) < 4.78 is 7.85. The third-order valence-electron chi connectivity index (χ3n) is 4.42. The molecule has 22 heavy (non-hydrogen) atoms. The number of rotatable bonds is 5. The van der Waals surface area contributed by atoms with Crippen LogP contribution in [0.3, 0.4) is 0 Å². The number of aryl methyl sites for hydroxylation is 4. The quantitative estimate of drug-likeness (QED) is 0.652. The Bertz CT molecular complexity index is 771. The Morgan fingerprint density at radius 3 is 2.50 bits per heavy atom. The Labute approximate surface area is 132 Å². The summed E-state index contributed by atoms with van der Waals surface area (Å²) in [5, 5.41) is 1.30. The first-order chi connectivity index (χ1) is 10.7. The second-order valence-electron chi connectivity index (χ2n) is 5.85. The summed E-state index contributed by atoms with van der Waals surface area (Å²) in [5.41, 5.74) is 5.27. The van der Waals surface area contributed by atoms with E-state index in [9.17, 15) is 0 Å². The summed E-state index contributed by atoms with van der Waals surface area (Å²) >= 11 is 0. The lowest BCUT2D eigenvalue weighted by atomic mass is 10.1. The minimum atomic E-state index is 0.967. The monoisotopic (exact) mass is 293 g/mol. The van der Waals surface area contributed by atoms with Crippen molar-refractivity contribution >= 4 is 10.9 Å². The molecule has 0 spiro atoms. The van der Waals surface area contributed by atoms with Crippen molar-refractivity contribution in [3.05, 3.63) is 65.4 Å². The summed E-state index contributed by atoms with van der Waals surface area (Å²) in [4.78, 5) is 0. The van der Waals surface area contributed by atoms with Gasteiger partial charge in [-0.25, -0.2) is 0 Å². The van der Waals surface area contributed by atoms with Crippen LogP contribution >= 0.6 is 0 Å². The first-order valence-electron chi connectivity index (χ1n) is 7.88. The average Bonchev–Trinajstić information content (AvgIpc) is 2.86. The van der Waals surface area contributed by atoms with Gasteiger partial charge in [0.25, 0.3) is 0 Å². The van der Waals surface area contributed by atoms with Gasteiger partial charge in [-0.2, -0.15) is 0 Å². The zero-order valence-corrected chi connectivity index (χ0v) is 13.6. The molecule has 0 N–H and O–H groups in total. The highest BCUT2D eigenvalue weighted by Gasteiger charge is 2.10. The predicted octanol–water partition coefficient (Wildman–Crippen LogP) is 4.90. The van der Waals surface area contributed by atoms with Gasteiger partial charge in [0.1, 0.15) is 5.75 Å². The summed E-state index contributed by atoms with van der Waals surface area (Å²) in [6.45, 7) is 5.37. The summed E-state index contributed by atoms with van der Waals surface area (Å²) in [6.07, 6.45) is 2.27. The van der Waals surface area contributed by atoms with Crippen LogP contribution in [0.5, 0.6) is 5.75 Å². The van der Waals surface area contributed by atoms with Gasteiger partial charge in [-0.15, -0.1) is 0 Å². The molecule has 0 unspecified atom stereocenters. The van der Waals surface area contributed by atoms with E-state index in [4.69, 9.17) is 4.74 Å². The number of hydrogen-bond donors (Lipinski definition) is 0. The molecule has 2 aromatic carbocycles. The van der Waals surface area contributed by atoms with Crippen molar-refractivity contribution in [1.82, 2.24) is 4.57 Å². The van der Waals surface area contributed by atoms with Crippen LogP contribution in [0.25, 0.3) is 10.9 Å². The fraction of sp³-hybridized carbons (Fsp3) is 0.300. The maximum Gasteiger partial charge on any atom is 0.122 e. The van der Waals surface area contributed by atoms with Crippen molar-refractivity contribution in [2.75, 3.05) is 7.11 Å². The van der Waals surface area contributed by atoms with Gasteiger partial charge in [0, 0.05) is 28.7 Å². The molecule has 0 amide bonds. The van der Waals surface area contributed by atoms with Crippen molar-refractivity contribution < 1.29 is 4.74 Å². The standard InChI is InChI=1S/C20H23NO/c1-15-14-18-16(2)20(22-3)12-11-19(18)21(15)13-7-10-17-8-5-4-6-9-17/h4-6,8-9,11-12,14H,7,10,13H2,1-3H3. The fourth-order valence-electron chi connectivity index (χ4n) is 3.19.